The van der Waals surface area contributed by atoms with Crippen LogP contribution in [-0.2, 0) is 19.6 Å². The van der Waals surface area contributed by atoms with Crippen LogP contribution in [0.1, 0.15) is 6.42 Å². The maximum absolute atomic E-state index is 13.5. The fourth-order valence-corrected chi connectivity index (χ4v) is 5.59. The Morgan fingerprint density at radius 3 is 2.45 bits per heavy atom. The predicted octanol–water partition coefficient (Wildman–Crippen LogP) is 1.76. The molecule has 0 N–H and O–H groups in total. The van der Waals surface area contributed by atoms with Gasteiger partial charge in [-0.2, -0.15) is 4.31 Å². The van der Waals surface area contributed by atoms with Crippen LogP contribution in [0.25, 0.3) is 0 Å². The summed E-state index contributed by atoms with van der Waals surface area (Å²) >= 11 is 0. The van der Waals surface area contributed by atoms with E-state index in [1.807, 2.05) is 30.3 Å². The van der Waals surface area contributed by atoms with Crippen LogP contribution in [0.15, 0.2) is 59.5 Å². The molecule has 2 aliphatic heterocycles. The molecule has 2 fully saturated rings. The van der Waals surface area contributed by atoms with Crippen LogP contribution < -0.4 is 9.47 Å². The highest BCUT2D eigenvalue weighted by Gasteiger charge is 2.46. The van der Waals surface area contributed by atoms with Crippen LogP contribution in [0.2, 0.25) is 0 Å². The van der Waals surface area contributed by atoms with Crippen molar-refractivity contribution in [3.05, 3.63) is 54.6 Å². The lowest BCUT2D eigenvalue weighted by Gasteiger charge is -2.32. The Balaban J connectivity index is 1.63. The summed E-state index contributed by atoms with van der Waals surface area (Å²) in [6, 6.07) is 14.7. The number of methoxy groups -OCH3 is 1. The van der Waals surface area contributed by atoms with Gasteiger partial charge in [-0.25, -0.2) is 8.42 Å². The molecular weight excluding hydrogens is 420 g/mol. The lowest BCUT2D eigenvalue weighted by atomic mass is 10.1. The van der Waals surface area contributed by atoms with Crippen molar-refractivity contribution in [3.63, 3.8) is 0 Å². The molecule has 2 heterocycles. The molecule has 0 aliphatic carbocycles. The van der Waals surface area contributed by atoms with Crippen LogP contribution in [-0.4, -0.2) is 75.6 Å². The molecule has 166 valence electrons. The summed E-state index contributed by atoms with van der Waals surface area (Å²) in [5, 5.41) is 0. The van der Waals surface area contributed by atoms with Crippen molar-refractivity contribution in [2.75, 3.05) is 40.0 Å². The molecular formula is C22H26N2O6S. The zero-order valence-electron chi connectivity index (χ0n) is 17.3. The molecule has 4 rings (SSSR count). The Morgan fingerprint density at radius 2 is 1.74 bits per heavy atom. The van der Waals surface area contributed by atoms with E-state index in [4.69, 9.17) is 14.2 Å². The van der Waals surface area contributed by atoms with Crippen LogP contribution in [0, 0.1) is 0 Å². The van der Waals surface area contributed by atoms with Gasteiger partial charge in [-0.3, -0.25) is 4.79 Å². The van der Waals surface area contributed by atoms with Gasteiger partial charge in [0.25, 0.3) is 0 Å². The third kappa shape index (κ3) is 4.68. The molecule has 2 aromatic carbocycles. The number of hydrogen-bond acceptors (Lipinski definition) is 6. The van der Waals surface area contributed by atoms with Crippen LogP contribution >= 0.6 is 0 Å². The third-order valence-corrected chi connectivity index (χ3v) is 7.39. The summed E-state index contributed by atoms with van der Waals surface area (Å²) in [6.07, 6.45) is -0.147. The van der Waals surface area contributed by atoms with Crippen molar-refractivity contribution in [1.82, 2.24) is 9.21 Å². The number of benzene rings is 2. The summed E-state index contributed by atoms with van der Waals surface area (Å²) < 4.78 is 44.9. The van der Waals surface area contributed by atoms with Crippen LogP contribution in [0.3, 0.4) is 0 Å². The normalized spacial score (nSPS) is 22.3. The second-order valence-electron chi connectivity index (χ2n) is 7.50. The summed E-state index contributed by atoms with van der Waals surface area (Å²) in [7, 11) is -2.45. The van der Waals surface area contributed by atoms with Gasteiger partial charge >= 0.3 is 0 Å². The molecule has 0 saturated carbocycles. The molecule has 8 nitrogen and oxygen atoms in total. The first-order valence-electron chi connectivity index (χ1n) is 10.2. The first-order chi connectivity index (χ1) is 15.0. The topological polar surface area (TPSA) is 85.4 Å². The molecule has 2 aliphatic rings. The van der Waals surface area contributed by atoms with Gasteiger partial charge in [0, 0.05) is 25.6 Å². The van der Waals surface area contributed by atoms with Crippen molar-refractivity contribution < 1.29 is 27.4 Å². The van der Waals surface area contributed by atoms with Gasteiger partial charge < -0.3 is 19.1 Å². The minimum absolute atomic E-state index is 0.0898. The summed E-state index contributed by atoms with van der Waals surface area (Å²) in [5.74, 6) is 0.869. The van der Waals surface area contributed by atoms with Gasteiger partial charge in [0.1, 0.15) is 23.6 Å². The first kappa shape index (κ1) is 21.6. The van der Waals surface area contributed by atoms with E-state index in [-0.39, 0.29) is 23.8 Å². The maximum Gasteiger partial charge on any atom is 0.244 e. The molecule has 1 amide bonds. The maximum atomic E-state index is 13.5. The Kier molecular flexibility index (Phi) is 6.45. The molecule has 2 saturated heterocycles. The quantitative estimate of drug-likeness (QED) is 0.672. The summed E-state index contributed by atoms with van der Waals surface area (Å²) in [5.41, 5.74) is 0. The van der Waals surface area contributed by atoms with Crippen molar-refractivity contribution in [2.45, 2.75) is 23.5 Å². The average Bonchev–Trinajstić information content (AvgIpc) is 3.24. The molecule has 0 aromatic heterocycles. The standard InChI is InChI=1S/C22H26N2O6S/c1-28-18-8-5-9-20(14-18)31(26,27)24-16-19(30-17-6-3-2-4-7-17)15-21(24)22(25)23-10-12-29-13-11-23/h2-9,14,19,21H,10-13,15-16H2,1H3/t19-,21+/m0/s1. The molecule has 0 unspecified atom stereocenters. The molecule has 9 heteroatoms. The summed E-state index contributed by atoms with van der Waals surface area (Å²) in [6.45, 7) is 1.89. The zero-order chi connectivity index (χ0) is 21.8. The van der Waals surface area contributed by atoms with Crippen LogP contribution in [0.4, 0.5) is 0 Å². The summed E-state index contributed by atoms with van der Waals surface area (Å²) in [4.78, 5) is 15.1. The predicted molar refractivity (Wildman–Crippen MR) is 114 cm³/mol. The van der Waals surface area contributed by atoms with E-state index in [0.717, 1.165) is 0 Å². The van der Waals surface area contributed by atoms with E-state index in [9.17, 15) is 13.2 Å². The van der Waals surface area contributed by atoms with E-state index in [2.05, 4.69) is 0 Å². The van der Waals surface area contributed by atoms with Crippen molar-refractivity contribution in [2.24, 2.45) is 0 Å². The lowest BCUT2D eigenvalue weighted by molar-refractivity contribution is -0.138. The second kappa shape index (κ2) is 9.25. The van der Waals surface area contributed by atoms with Crippen LogP contribution in [0.5, 0.6) is 11.5 Å². The van der Waals surface area contributed by atoms with E-state index in [0.29, 0.717) is 37.8 Å². The van der Waals surface area contributed by atoms with E-state index in [1.54, 1.807) is 17.0 Å². The number of nitrogens with zero attached hydrogens (tertiary/aromatic N) is 2. The zero-order valence-corrected chi connectivity index (χ0v) is 18.2. The first-order valence-corrected chi connectivity index (χ1v) is 11.7. The van der Waals surface area contributed by atoms with Gasteiger partial charge in [-0.05, 0) is 24.3 Å². The molecule has 2 aromatic rings. The largest absolute Gasteiger partial charge is 0.497 e. The van der Waals surface area contributed by atoms with E-state index < -0.39 is 22.2 Å². The Hall–Kier alpha value is -2.62. The van der Waals surface area contributed by atoms with Crippen molar-refractivity contribution in [1.29, 1.82) is 0 Å². The number of hydrogen-bond donors (Lipinski definition) is 0. The smallest absolute Gasteiger partial charge is 0.244 e. The number of ether oxygens (including phenoxy) is 3. The van der Waals surface area contributed by atoms with Gasteiger partial charge in [-0.15, -0.1) is 0 Å². The number of carbonyl (C=O) groups excluding carboxylic acids is 1. The molecule has 0 radical (unpaired) electrons. The van der Waals surface area contributed by atoms with Crippen molar-refractivity contribution >= 4 is 15.9 Å². The fourth-order valence-electron chi connectivity index (χ4n) is 3.93. The second-order valence-corrected chi connectivity index (χ2v) is 9.39. The fraction of sp³-hybridized carbons (Fsp3) is 0.409. The lowest BCUT2D eigenvalue weighted by Crippen LogP contribution is -2.50. The Labute approximate surface area is 182 Å². The average molecular weight is 447 g/mol. The highest BCUT2D eigenvalue weighted by molar-refractivity contribution is 7.89. The number of morpholine rings is 1. The molecule has 2 atom stereocenters. The van der Waals surface area contributed by atoms with E-state index in [1.165, 1.54) is 23.5 Å². The monoisotopic (exact) mass is 446 g/mol. The van der Waals surface area contributed by atoms with Gasteiger partial charge in [-0.1, -0.05) is 24.3 Å². The number of rotatable bonds is 6. The Morgan fingerprint density at radius 1 is 1.03 bits per heavy atom. The number of para-hydroxylation sites is 1. The van der Waals surface area contributed by atoms with E-state index >= 15 is 0 Å². The van der Waals surface area contributed by atoms with Gasteiger partial charge in [0.05, 0.1) is 31.8 Å². The minimum atomic E-state index is -3.93. The van der Waals surface area contributed by atoms with Crippen molar-refractivity contribution in [3.8, 4) is 11.5 Å². The number of carbonyl (C=O) groups is 1. The Bertz CT molecular complexity index is 1010. The van der Waals surface area contributed by atoms with Gasteiger partial charge in [0.15, 0.2) is 0 Å². The highest BCUT2D eigenvalue weighted by Crippen LogP contribution is 2.31. The SMILES string of the molecule is COc1cccc(S(=O)(=O)N2C[C@@H](Oc3ccccc3)C[C@@H]2C(=O)N2CCOCC2)c1. The van der Waals surface area contributed by atoms with Gasteiger partial charge in [0.2, 0.25) is 15.9 Å². The third-order valence-electron chi connectivity index (χ3n) is 5.52. The number of sulfonamides is 1. The molecule has 0 bridgehead atoms. The number of amides is 1. The molecule has 31 heavy (non-hydrogen) atoms. The molecule has 0 spiro atoms. The minimum Gasteiger partial charge on any atom is -0.497 e. The highest BCUT2D eigenvalue weighted by atomic mass is 32.2.